The fourth-order valence-electron chi connectivity index (χ4n) is 2.55. The van der Waals surface area contributed by atoms with Crippen molar-refractivity contribution in [3.8, 4) is 0 Å². The Balaban J connectivity index is 1.82. The molecule has 0 aliphatic carbocycles. The highest BCUT2D eigenvalue weighted by molar-refractivity contribution is 9.10. The van der Waals surface area contributed by atoms with Crippen LogP contribution in [-0.4, -0.2) is 23.1 Å². The van der Waals surface area contributed by atoms with Crippen molar-refractivity contribution in [3.05, 3.63) is 69.7 Å². The van der Waals surface area contributed by atoms with E-state index in [0.29, 0.717) is 6.54 Å². The smallest absolute Gasteiger partial charge is 0.322 e. The Morgan fingerprint density at radius 2 is 1.71 bits per heavy atom. The van der Waals surface area contributed by atoms with E-state index in [-0.39, 0.29) is 16.8 Å². The minimum atomic E-state index is -4.40. The number of carbonyl (C=O) groups excluding carboxylic acids is 1. The molecule has 7 heteroatoms. The number of benzene rings is 2. The number of halogens is 4. The van der Waals surface area contributed by atoms with E-state index < -0.39 is 11.7 Å². The van der Waals surface area contributed by atoms with Gasteiger partial charge in [0.05, 0.1) is 5.56 Å². The van der Waals surface area contributed by atoms with Gasteiger partial charge < -0.3 is 4.90 Å². The normalized spacial score (nSPS) is 18.0. The largest absolute Gasteiger partial charge is 0.416 e. The molecule has 1 amide bonds. The van der Waals surface area contributed by atoms with Crippen molar-refractivity contribution in [2.45, 2.75) is 11.6 Å². The minimum absolute atomic E-state index is 0.118. The number of carbonyl (C=O) groups is 1. The molecule has 2 nitrogen and oxygen atoms in total. The summed E-state index contributed by atoms with van der Waals surface area (Å²) in [5.41, 5.74) is 0.521. The molecule has 1 aliphatic heterocycles. The lowest BCUT2D eigenvalue weighted by Gasteiger charge is -2.24. The van der Waals surface area contributed by atoms with Crippen LogP contribution in [0.5, 0.6) is 0 Å². The van der Waals surface area contributed by atoms with Crippen LogP contribution in [0.2, 0.25) is 0 Å². The molecule has 0 N–H and O–H groups in total. The lowest BCUT2D eigenvalue weighted by atomic mass is 10.1. The molecule has 1 aliphatic rings. The van der Waals surface area contributed by atoms with E-state index in [2.05, 4.69) is 15.9 Å². The Kier molecular flexibility index (Phi) is 4.92. The molecule has 1 fully saturated rings. The maximum atomic E-state index is 12.7. The number of thioether (sulfide) groups is 1. The van der Waals surface area contributed by atoms with Crippen LogP contribution in [0.25, 0.3) is 0 Å². The molecule has 126 valence electrons. The molecule has 3 rings (SSSR count). The Hall–Kier alpha value is -1.47. The summed E-state index contributed by atoms with van der Waals surface area (Å²) in [6, 6.07) is 12.1. The summed E-state index contributed by atoms with van der Waals surface area (Å²) in [7, 11) is 0. The molecule has 0 spiro atoms. The molecule has 0 aromatic heterocycles. The van der Waals surface area contributed by atoms with E-state index in [4.69, 9.17) is 0 Å². The van der Waals surface area contributed by atoms with E-state index >= 15 is 0 Å². The van der Waals surface area contributed by atoms with E-state index in [1.165, 1.54) is 12.1 Å². The quantitative estimate of drug-likeness (QED) is 0.658. The number of nitrogens with zero attached hydrogens (tertiary/aromatic N) is 1. The zero-order chi connectivity index (χ0) is 17.3. The Morgan fingerprint density at radius 1 is 1.08 bits per heavy atom. The summed E-state index contributed by atoms with van der Waals surface area (Å²) >= 11 is 5.03. The van der Waals surface area contributed by atoms with Gasteiger partial charge in [-0.15, -0.1) is 11.8 Å². The first kappa shape index (κ1) is 17.4. The Bertz CT molecular complexity index is 731. The molecule has 0 bridgehead atoms. The second kappa shape index (κ2) is 6.80. The molecular formula is C17H13BrF3NOS. The Morgan fingerprint density at radius 3 is 2.29 bits per heavy atom. The lowest BCUT2D eigenvalue weighted by Crippen LogP contribution is -2.30. The van der Waals surface area contributed by atoms with Crippen LogP contribution in [0.1, 0.15) is 26.9 Å². The van der Waals surface area contributed by atoms with Crippen molar-refractivity contribution in [3.63, 3.8) is 0 Å². The highest BCUT2D eigenvalue weighted by Crippen LogP contribution is 2.39. The molecule has 1 heterocycles. The van der Waals surface area contributed by atoms with Gasteiger partial charge in [-0.3, -0.25) is 4.79 Å². The lowest BCUT2D eigenvalue weighted by molar-refractivity contribution is -0.137. The van der Waals surface area contributed by atoms with Crippen LogP contribution in [0.15, 0.2) is 53.0 Å². The third-order valence-corrected chi connectivity index (χ3v) is 5.56. The monoisotopic (exact) mass is 415 g/mol. The molecule has 1 atom stereocenters. The highest BCUT2D eigenvalue weighted by atomic mass is 79.9. The van der Waals surface area contributed by atoms with Crippen molar-refractivity contribution in [1.82, 2.24) is 4.90 Å². The van der Waals surface area contributed by atoms with Gasteiger partial charge in [0.2, 0.25) is 0 Å². The number of hydrogen-bond donors (Lipinski definition) is 0. The number of hydrogen-bond acceptors (Lipinski definition) is 2. The minimum Gasteiger partial charge on any atom is -0.322 e. The SMILES string of the molecule is O=C(c1ccc(C(F)(F)F)cc1)N1CCSC1c1ccc(Br)cc1. The molecular weight excluding hydrogens is 403 g/mol. The van der Waals surface area contributed by atoms with Gasteiger partial charge in [0.15, 0.2) is 0 Å². The van der Waals surface area contributed by atoms with Crippen LogP contribution in [0.4, 0.5) is 13.2 Å². The van der Waals surface area contributed by atoms with Crippen LogP contribution >= 0.6 is 27.7 Å². The predicted octanol–water partition coefficient (Wildman–Crippen LogP) is 5.36. The molecule has 2 aromatic carbocycles. The summed E-state index contributed by atoms with van der Waals surface area (Å²) < 4.78 is 38.9. The summed E-state index contributed by atoms with van der Waals surface area (Å²) in [5.74, 6) is 0.550. The van der Waals surface area contributed by atoms with Crippen molar-refractivity contribution in [2.75, 3.05) is 12.3 Å². The molecule has 1 unspecified atom stereocenters. The summed E-state index contributed by atoms with van der Waals surface area (Å²) in [6.45, 7) is 0.575. The van der Waals surface area contributed by atoms with E-state index in [0.717, 1.165) is 27.9 Å². The third kappa shape index (κ3) is 3.62. The molecule has 24 heavy (non-hydrogen) atoms. The van der Waals surface area contributed by atoms with Gasteiger partial charge in [-0.2, -0.15) is 13.2 Å². The summed E-state index contributed by atoms with van der Waals surface area (Å²) in [5, 5.41) is -0.118. The second-order valence-corrected chi connectivity index (χ2v) is 7.45. The molecule has 0 saturated carbocycles. The van der Waals surface area contributed by atoms with E-state index in [9.17, 15) is 18.0 Å². The van der Waals surface area contributed by atoms with Gasteiger partial charge in [0.25, 0.3) is 5.91 Å². The molecule has 0 radical (unpaired) electrons. The first-order valence-electron chi connectivity index (χ1n) is 7.21. The van der Waals surface area contributed by atoms with Gasteiger partial charge in [-0.25, -0.2) is 0 Å². The number of amides is 1. The summed E-state index contributed by atoms with van der Waals surface area (Å²) in [4.78, 5) is 14.4. The van der Waals surface area contributed by atoms with Gasteiger partial charge in [-0.05, 0) is 42.0 Å². The van der Waals surface area contributed by atoms with E-state index in [1.54, 1.807) is 16.7 Å². The van der Waals surface area contributed by atoms with Gasteiger partial charge in [0, 0.05) is 22.3 Å². The van der Waals surface area contributed by atoms with Crippen LogP contribution < -0.4 is 0 Å². The average molecular weight is 416 g/mol. The van der Waals surface area contributed by atoms with Crippen molar-refractivity contribution in [1.29, 1.82) is 0 Å². The zero-order valence-corrected chi connectivity index (χ0v) is 14.8. The maximum absolute atomic E-state index is 12.7. The van der Waals surface area contributed by atoms with Crippen molar-refractivity contribution in [2.24, 2.45) is 0 Å². The third-order valence-electron chi connectivity index (χ3n) is 3.77. The standard InChI is InChI=1S/C17H13BrF3NOS/c18-14-7-3-12(4-8-14)16-22(9-10-24-16)15(23)11-1-5-13(6-2-11)17(19,20)21/h1-8,16H,9-10H2. The van der Waals surface area contributed by atoms with Gasteiger partial charge >= 0.3 is 6.18 Å². The number of alkyl halides is 3. The number of rotatable bonds is 2. The van der Waals surface area contributed by atoms with Gasteiger partial charge in [-0.1, -0.05) is 28.1 Å². The summed E-state index contributed by atoms with van der Waals surface area (Å²) in [6.07, 6.45) is -4.40. The molecule has 2 aromatic rings. The maximum Gasteiger partial charge on any atom is 0.416 e. The first-order chi connectivity index (χ1) is 11.4. The van der Waals surface area contributed by atoms with Gasteiger partial charge in [0.1, 0.15) is 5.37 Å². The fourth-order valence-corrected chi connectivity index (χ4v) is 4.07. The van der Waals surface area contributed by atoms with Crippen LogP contribution in [0, 0.1) is 0 Å². The van der Waals surface area contributed by atoms with Crippen LogP contribution in [0.3, 0.4) is 0 Å². The first-order valence-corrected chi connectivity index (χ1v) is 9.06. The zero-order valence-electron chi connectivity index (χ0n) is 12.4. The average Bonchev–Trinajstić information content (AvgIpc) is 3.04. The van der Waals surface area contributed by atoms with Crippen molar-refractivity contribution >= 4 is 33.6 Å². The van der Waals surface area contributed by atoms with E-state index in [1.807, 2.05) is 24.3 Å². The topological polar surface area (TPSA) is 20.3 Å². The Labute approximate surface area is 150 Å². The molecule has 1 saturated heterocycles. The van der Waals surface area contributed by atoms with Crippen molar-refractivity contribution < 1.29 is 18.0 Å². The second-order valence-electron chi connectivity index (χ2n) is 5.35. The highest BCUT2D eigenvalue weighted by Gasteiger charge is 2.33. The van der Waals surface area contributed by atoms with Crippen LogP contribution in [-0.2, 0) is 6.18 Å². The predicted molar refractivity (Wildman–Crippen MR) is 91.8 cm³/mol. The fraction of sp³-hybridized carbons (Fsp3) is 0.235.